The molecule has 0 aromatic heterocycles. The molecule has 1 aliphatic heterocycles. The fraction of sp³-hybridized carbons (Fsp3) is 0.222. The minimum Gasteiger partial charge on any atom is -0.497 e. The quantitative estimate of drug-likeness (QED) is 0.886. The van der Waals surface area contributed by atoms with Crippen LogP contribution in [-0.4, -0.2) is 31.9 Å². The Morgan fingerprint density at radius 3 is 2.60 bits per heavy atom. The molecular weight excluding hydrogens is 344 g/mol. The van der Waals surface area contributed by atoms with Crippen LogP contribution in [0.4, 0.5) is 5.69 Å². The molecule has 0 bridgehead atoms. The van der Waals surface area contributed by atoms with Crippen LogP contribution in [0.3, 0.4) is 0 Å². The van der Waals surface area contributed by atoms with E-state index in [2.05, 4.69) is 10.5 Å². The van der Waals surface area contributed by atoms with Crippen LogP contribution in [0.25, 0.3) is 0 Å². The molecule has 0 radical (unpaired) electrons. The number of nitrogens with one attached hydrogen (secondary N) is 1. The highest BCUT2D eigenvalue weighted by Gasteiger charge is 2.29. The van der Waals surface area contributed by atoms with E-state index in [4.69, 9.17) is 25.9 Å². The van der Waals surface area contributed by atoms with Gasteiger partial charge >= 0.3 is 0 Å². The molecule has 2 aromatic carbocycles. The number of oxime groups is 1. The summed E-state index contributed by atoms with van der Waals surface area (Å²) in [5.41, 5.74) is 2.18. The second-order valence-corrected chi connectivity index (χ2v) is 5.81. The third-order valence-electron chi connectivity index (χ3n) is 3.80. The number of hydrogen-bond acceptors (Lipinski definition) is 5. The fourth-order valence-corrected chi connectivity index (χ4v) is 2.70. The van der Waals surface area contributed by atoms with Gasteiger partial charge in [-0.1, -0.05) is 16.8 Å². The molecule has 0 aliphatic carbocycles. The number of hydrogen-bond donors (Lipinski definition) is 1. The minimum absolute atomic E-state index is 0.284. The van der Waals surface area contributed by atoms with Crippen molar-refractivity contribution in [3.63, 3.8) is 0 Å². The van der Waals surface area contributed by atoms with Crippen molar-refractivity contribution in [2.75, 3.05) is 19.5 Å². The highest BCUT2D eigenvalue weighted by Crippen LogP contribution is 2.28. The lowest BCUT2D eigenvalue weighted by Crippen LogP contribution is -2.28. The Labute approximate surface area is 150 Å². The molecule has 1 aliphatic rings. The van der Waals surface area contributed by atoms with Gasteiger partial charge in [0.2, 0.25) is 6.10 Å². The number of methoxy groups -OCH3 is 2. The van der Waals surface area contributed by atoms with Crippen molar-refractivity contribution in [1.82, 2.24) is 0 Å². The summed E-state index contributed by atoms with van der Waals surface area (Å²) in [4.78, 5) is 17.6. The summed E-state index contributed by atoms with van der Waals surface area (Å²) >= 11 is 6.06. The zero-order valence-electron chi connectivity index (χ0n) is 13.8. The van der Waals surface area contributed by atoms with E-state index in [1.165, 1.54) is 7.11 Å². The van der Waals surface area contributed by atoms with Crippen molar-refractivity contribution in [2.45, 2.75) is 12.5 Å². The Bertz CT molecular complexity index is 805. The monoisotopic (exact) mass is 360 g/mol. The Balaban J connectivity index is 1.62. The van der Waals surface area contributed by atoms with E-state index in [9.17, 15) is 4.79 Å². The van der Waals surface area contributed by atoms with Crippen LogP contribution in [0.15, 0.2) is 47.6 Å². The van der Waals surface area contributed by atoms with Crippen molar-refractivity contribution in [3.8, 4) is 11.5 Å². The van der Waals surface area contributed by atoms with Crippen LogP contribution >= 0.6 is 11.6 Å². The average molecular weight is 361 g/mol. The van der Waals surface area contributed by atoms with Crippen LogP contribution in [0, 0.1) is 0 Å². The van der Waals surface area contributed by atoms with E-state index >= 15 is 0 Å². The molecular formula is C18H17ClN2O4. The van der Waals surface area contributed by atoms with Gasteiger partial charge in [-0.05, 0) is 48.0 Å². The number of halogens is 1. The minimum atomic E-state index is -0.682. The van der Waals surface area contributed by atoms with Crippen molar-refractivity contribution in [2.24, 2.45) is 5.16 Å². The number of benzene rings is 2. The maximum Gasteiger partial charge on any atom is 0.268 e. The first-order chi connectivity index (χ1) is 12.1. The normalized spacial score (nSPS) is 16.0. The predicted molar refractivity (Wildman–Crippen MR) is 95.7 cm³/mol. The van der Waals surface area contributed by atoms with Crippen molar-refractivity contribution < 1.29 is 19.1 Å². The summed E-state index contributed by atoms with van der Waals surface area (Å²) in [5.74, 6) is 1.02. The second kappa shape index (κ2) is 7.44. The van der Waals surface area contributed by atoms with Crippen LogP contribution in [0.2, 0.25) is 5.02 Å². The van der Waals surface area contributed by atoms with E-state index in [1.807, 2.05) is 24.3 Å². The predicted octanol–water partition coefficient (Wildman–Crippen LogP) is 3.49. The van der Waals surface area contributed by atoms with Gasteiger partial charge in [0.1, 0.15) is 11.5 Å². The molecule has 3 rings (SSSR count). The van der Waals surface area contributed by atoms with E-state index in [0.29, 0.717) is 22.9 Å². The summed E-state index contributed by atoms with van der Waals surface area (Å²) in [6.45, 7) is 0. The highest BCUT2D eigenvalue weighted by atomic mass is 35.5. The molecule has 1 N–H and O–H groups in total. The Morgan fingerprint density at radius 1 is 1.20 bits per heavy atom. The van der Waals surface area contributed by atoms with Gasteiger partial charge in [-0.15, -0.1) is 0 Å². The van der Waals surface area contributed by atoms with Gasteiger partial charge in [-0.25, -0.2) is 0 Å². The van der Waals surface area contributed by atoms with Crippen LogP contribution < -0.4 is 14.8 Å². The highest BCUT2D eigenvalue weighted by molar-refractivity contribution is 6.32. The maximum atomic E-state index is 12.4. The molecule has 1 heterocycles. The summed E-state index contributed by atoms with van der Waals surface area (Å²) in [6, 6.07) is 12.5. The summed E-state index contributed by atoms with van der Waals surface area (Å²) in [6.07, 6.45) is -0.292. The molecule has 1 amide bonds. The van der Waals surface area contributed by atoms with Gasteiger partial charge in [0.25, 0.3) is 5.91 Å². The first-order valence-electron chi connectivity index (χ1n) is 7.62. The standard InChI is InChI=1S/C18H17ClN2O4/c1-23-13-6-3-11(4-7-13)15-10-17(25-21-15)18(22)20-12-5-8-16(24-2)14(19)9-12/h3-9,17H,10H2,1-2H3,(H,20,22). The van der Waals surface area contributed by atoms with E-state index in [-0.39, 0.29) is 5.91 Å². The number of amides is 1. The molecule has 0 saturated carbocycles. The average Bonchev–Trinajstić information content (AvgIpc) is 3.12. The van der Waals surface area contributed by atoms with Crippen molar-refractivity contribution >= 4 is 28.9 Å². The third-order valence-corrected chi connectivity index (χ3v) is 4.10. The Morgan fingerprint density at radius 2 is 1.96 bits per heavy atom. The number of carbonyl (C=O) groups excluding carboxylic acids is 1. The second-order valence-electron chi connectivity index (χ2n) is 5.40. The van der Waals surface area contributed by atoms with Gasteiger partial charge < -0.3 is 19.6 Å². The SMILES string of the molecule is COc1ccc(C2=NOC(C(=O)Nc3ccc(OC)c(Cl)c3)C2)cc1. The molecule has 130 valence electrons. The molecule has 1 atom stereocenters. The Hall–Kier alpha value is -2.73. The number of carbonyl (C=O) groups is 1. The molecule has 2 aromatic rings. The largest absolute Gasteiger partial charge is 0.497 e. The number of anilines is 1. The van der Waals surface area contributed by atoms with Crippen LogP contribution in [0.5, 0.6) is 11.5 Å². The van der Waals surface area contributed by atoms with Crippen LogP contribution in [-0.2, 0) is 9.63 Å². The number of ether oxygens (including phenoxy) is 2. The van der Waals surface area contributed by atoms with Crippen molar-refractivity contribution in [3.05, 3.63) is 53.1 Å². The third kappa shape index (κ3) is 3.85. The fourth-order valence-electron chi connectivity index (χ4n) is 2.44. The van der Waals surface area contributed by atoms with E-state index < -0.39 is 6.10 Å². The topological polar surface area (TPSA) is 69.2 Å². The molecule has 1 unspecified atom stereocenters. The van der Waals surface area contributed by atoms with Gasteiger partial charge in [-0.2, -0.15) is 0 Å². The maximum absolute atomic E-state index is 12.4. The van der Waals surface area contributed by atoms with Gasteiger partial charge in [0.15, 0.2) is 0 Å². The summed E-state index contributed by atoms with van der Waals surface area (Å²) in [7, 11) is 3.14. The van der Waals surface area contributed by atoms with Gasteiger partial charge in [0, 0.05) is 12.1 Å². The van der Waals surface area contributed by atoms with Crippen LogP contribution in [0.1, 0.15) is 12.0 Å². The van der Waals surface area contributed by atoms with E-state index in [0.717, 1.165) is 17.0 Å². The lowest BCUT2D eigenvalue weighted by Gasteiger charge is -2.11. The lowest BCUT2D eigenvalue weighted by atomic mass is 10.0. The molecule has 25 heavy (non-hydrogen) atoms. The van der Waals surface area contributed by atoms with E-state index in [1.54, 1.807) is 25.3 Å². The molecule has 6 nitrogen and oxygen atoms in total. The van der Waals surface area contributed by atoms with Crippen molar-refractivity contribution in [1.29, 1.82) is 0 Å². The molecule has 0 spiro atoms. The summed E-state index contributed by atoms with van der Waals surface area (Å²) in [5, 5.41) is 7.21. The lowest BCUT2D eigenvalue weighted by molar-refractivity contribution is -0.125. The number of nitrogens with zero attached hydrogens (tertiary/aromatic N) is 1. The zero-order valence-corrected chi connectivity index (χ0v) is 14.5. The smallest absolute Gasteiger partial charge is 0.268 e. The Kier molecular flexibility index (Phi) is 5.09. The first kappa shape index (κ1) is 17.1. The van der Waals surface area contributed by atoms with Gasteiger partial charge in [0.05, 0.1) is 25.0 Å². The summed E-state index contributed by atoms with van der Waals surface area (Å²) < 4.78 is 10.2. The molecule has 7 heteroatoms. The first-order valence-corrected chi connectivity index (χ1v) is 8.00. The number of rotatable bonds is 5. The van der Waals surface area contributed by atoms with Gasteiger partial charge in [-0.3, -0.25) is 4.79 Å². The molecule has 0 saturated heterocycles. The zero-order chi connectivity index (χ0) is 17.8. The molecule has 0 fully saturated rings.